The van der Waals surface area contributed by atoms with Crippen LogP contribution in [0.5, 0.6) is 0 Å². The van der Waals surface area contributed by atoms with Gasteiger partial charge >= 0.3 is 0 Å². The van der Waals surface area contributed by atoms with E-state index in [9.17, 15) is 16.8 Å². The number of rotatable bonds is 8. The van der Waals surface area contributed by atoms with Gasteiger partial charge in [0, 0.05) is 10.8 Å². The lowest BCUT2D eigenvalue weighted by molar-refractivity contribution is 0.105. The van der Waals surface area contributed by atoms with Gasteiger partial charge in [-0.3, -0.25) is 8.37 Å². The third-order valence-electron chi connectivity index (χ3n) is 9.02. The smallest absolute Gasteiger partial charge is 0.266 e. The molecule has 5 fully saturated rings. The standard InChI is InChI=1S/C25H28O6S2/c1-16-3-7-18(8-4-16)32(26,27)30-14-24-12-21-20-11-23(24)25(24,13-22(20)21)15-31-33(28,29)19-9-5-17(2)6-10-19/h3-10,20-23H,11-15H2,1-2H3. The van der Waals surface area contributed by atoms with Crippen LogP contribution in [0, 0.1) is 48.3 Å². The Hall–Kier alpha value is -1.74. The second kappa shape index (κ2) is 6.90. The van der Waals surface area contributed by atoms with Crippen molar-refractivity contribution in [3.63, 3.8) is 0 Å². The van der Waals surface area contributed by atoms with Gasteiger partial charge in [-0.05, 0) is 81.0 Å². The maximum absolute atomic E-state index is 12.8. The van der Waals surface area contributed by atoms with E-state index in [1.165, 1.54) is 0 Å². The van der Waals surface area contributed by atoms with Gasteiger partial charge in [0.1, 0.15) is 0 Å². The summed E-state index contributed by atoms with van der Waals surface area (Å²) in [4.78, 5) is 0.307. The van der Waals surface area contributed by atoms with Crippen molar-refractivity contribution in [3.05, 3.63) is 59.7 Å². The van der Waals surface area contributed by atoms with Gasteiger partial charge in [0.25, 0.3) is 20.2 Å². The highest BCUT2D eigenvalue weighted by atomic mass is 32.2. The van der Waals surface area contributed by atoms with Crippen LogP contribution in [0.4, 0.5) is 0 Å². The van der Waals surface area contributed by atoms with E-state index in [-0.39, 0.29) is 39.8 Å². The summed E-state index contributed by atoms with van der Waals surface area (Å²) >= 11 is 0. The molecule has 2 aromatic rings. The van der Waals surface area contributed by atoms with Gasteiger partial charge in [-0.1, -0.05) is 35.4 Å². The van der Waals surface area contributed by atoms with Gasteiger partial charge in [-0.2, -0.15) is 16.8 Å². The Bertz CT molecular complexity index is 1210. The van der Waals surface area contributed by atoms with Crippen LogP contribution in [-0.4, -0.2) is 30.0 Å². The van der Waals surface area contributed by atoms with Crippen molar-refractivity contribution in [1.82, 2.24) is 0 Å². The Morgan fingerprint density at radius 2 is 1.09 bits per heavy atom. The van der Waals surface area contributed by atoms with Crippen LogP contribution in [0.3, 0.4) is 0 Å². The molecule has 2 aromatic carbocycles. The maximum atomic E-state index is 12.8. The predicted octanol–water partition coefficient (Wildman–Crippen LogP) is 4.08. The van der Waals surface area contributed by atoms with E-state index in [4.69, 9.17) is 8.37 Å². The van der Waals surface area contributed by atoms with E-state index in [2.05, 4.69) is 0 Å². The monoisotopic (exact) mass is 488 g/mol. The average Bonchev–Trinajstić information content (AvgIpc) is 3.66. The molecule has 0 N–H and O–H groups in total. The van der Waals surface area contributed by atoms with Crippen LogP contribution in [0.15, 0.2) is 58.3 Å². The Balaban J connectivity index is 1.22. The van der Waals surface area contributed by atoms with Crippen molar-refractivity contribution in [2.75, 3.05) is 13.2 Å². The van der Waals surface area contributed by atoms with Crippen molar-refractivity contribution in [1.29, 1.82) is 0 Å². The molecule has 4 unspecified atom stereocenters. The van der Waals surface area contributed by atoms with Gasteiger partial charge in [0.15, 0.2) is 0 Å². The fourth-order valence-electron chi connectivity index (χ4n) is 7.09. The molecule has 0 spiro atoms. The molecule has 6 bridgehead atoms. The van der Waals surface area contributed by atoms with E-state index >= 15 is 0 Å². The highest BCUT2D eigenvalue weighted by molar-refractivity contribution is 7.87. The largest absolute Gasteiger partial charge is 0.296 e. The lowest BCUT2D eigenvalue weighted by atomic mass is 9.80. The highest BCUT2D eigenvalue weighted by Gasteiger charge is 2.86. The zero-order chi connectivity index (χ0) is 23.2. The fourth-order valence-corrected chi connectivity index (χ4v) is 9.04. The van der Waals surface area contributed by atoms with Crippen LogP contribution in [-0.2, 0) is 28.6 Å². The first-order valence-corrected chi connectivity index (χ1v) is 14.3. The maximum Gasteiger partial charge on any atom is 0.296 e. The quantitative estimate of drug-likeness (QED) is 0.521. The van der Waals surface area contributed by atoms with Crippen LogP contribution >= 0.6 is 0 Å². The molecule has 7 rings (SSSR count). The van der Waals surface area contributed by atoms with E-state index in [1.54, 1.807) is 48.5 Å². The molecule has 0 radical (unpaired) electrons. The second-order valence-corrected chi connectivity index (χ2v) is 13.8. The summed E-state index contributed by atoms with van der Waals surface area (Å²) in [5.74, 6) is 2.21. The Morgan fingerprint density at radius 1 is 0.697 bits per heavy atom. The lowest BCUT2D eigenvalue weighted by Crippen LogP contribution is -2.30. The molecule has 176 valence electrons. The minimum absolute atomic E-state index is 0.0950. The third kappa shape index (κ3) is 3.17. The highest BCUT2D eigenvalue weighted by Crippen LogP contribution is 2.89. The molecular weight excluding hydrogens is 460 g/mol. The van der Waals surface area contributed by atoms with Crippen LogP contribution in [0.25, 0.3) is 0 Å². The van der Waals surface area contributed by atoms with Crippen LogP contribution in [0.2, 0.25) is 0 Å². The van der Waals surface area contributed by atoms with Crippen LogP contribution in [0.1, 0.15) is 30.4 Å². The molecule has 6 nitrogen and oxygen atoms in total. The van der Waals surface area contributed by atoms with Gasteiger partial charge in [-0.25, -0.2) is 0 Å². The Kier molecular flexibility index (Phi) is 4.55. The summed E-state index contributed by atoms with van der Waals surface area (Å²) in [6.07, 6.45) is 2.84. The summed E-state index contributed by atoms with van der Waals surface area (Å²) in [5.41, 5.74) is 1.32. The van der Waals surface area contributed by atoms with E-state index in [1.807, 2.05) is 13.8 Å². The van der Waals surface area contributed by atoms with E-state index in [0.29, 0.717) is 17.8 Å². The minimum atomic E-state index is -3.87. The van der Waals surface area contributed by atoms with Gasteiger partial charge in [-0.15, -0.1) is 0 Å². The molecule has 5 aliphatic rings. The Labute approximate surface area is 195 Å². The van der Waals surface area contributed by atoms with Crippen molar-refractivity contribution in [2.24, 2.45) is 34.5 Å². The van der Waals surface area contributed by atoms with Crippen molar-refractivity contribution >= 4 is 20.2 Å². The average molecular weight is 489 g/mol. The number of aryl methyl sites for hydroxylation is 2. The zero-order valence-electron chi connectivity index (χ0n) is 18.7. The van der Waals surface area contributed by atoms with Gasteiger partial charge in [0.05, 0.1) is 23.0 Å². The molecule has 4 atom stereocenters. The SMILES string of the molecule is Cc1ccc(S(=O)(=O)OCC23CC4C5CC2C3(COS(=O)(=O)c2ccc(C)cc2)CC54)cc1. The predicted molar refractivity (Wildman–Crippen MR) is 121 cm³/mol. The first-order valence-electron chi connectivity index (χ1n) is 11.5. The summed E-state index contributed by atoms with van der Waals surface area (Å²) in [6, 6.07) is 13.3. The first-order chi connectivity index (χ1) is 15.6. The van der Waals surface area contributed by atoms with E-state index < -0.39 is 20.2 Å². The summed E-state index contributed by atoms with van der Waals surface area (Å²) in [7, 11) is -7.75. The van der Waals surface area contributed by atoms with Crippen LogP contribution < -0.4 is 0 Å². The number of hydrogen-bond acceptors (Lipinski definition) is 6. The number of hydrogen-bond donors (Lipinski definition) is 0. The molecule has 8 heteroatoms. The van der Waals surface area contributed by atoms with Crippen molar-refractivity contribution in [2.45, 2.75) is 42.9 Å². The second-order valence-electron chi connectivity index (χ2n) is 10.6. The molecule has 5 saturated carbocycles. The molecule has 0 amide bonds. The molecule has 33 heavy (non-hydrogen) atoms. The molecule has 0 saturated heterocycles. The summed E-state index contributed by atoms with van der Waals surface area (Å²) in [6.45, 7) is 4.00. The molecular formula is C25H28O6S2. The molecule has 5 aliphatic carbocycles. The van der Waals surface area contributed by atoms with Crippen molar-refractivity contribution < 1.29 is 25.2 Å². The van der Waals surface area contributed by atoms with Crippen molar-refractivity contribution in [3.8, 4) is 0 Å². The number of benzene rings is 2. The zero-order valence-corrected chi connectivity index (χ0v) is 20.4. The fraction of sp³-hybridized carbons (Fsp3) is 0.520. The van der Waals surface area contributed by atoms with Gasteiger partial charge in [0.2, 0.25) is 0 Å². The lowest BCUT2D eigenvalue weighted by Gasteiger charge is -2.29. The van der Waals surface area contributed by atoms with E-state index in [0.717, 1.165) is 30.4 Å². The summed E-state index contributed by atoms with van der Waals surface area (Å²) in [5, 5.41) is 0. The normalized spacial score (nSPS) is 35.8. The minimum Gasteiger partial charge on any atom is -0.266 e. The Morgan fingerprint density at radius 3 is 1.48 bits per heavy atom. The summed E-state index contributed by atoms with van der Waals surface area (Å²) < 4.78 is 62.6. The molecule has 0 heterocycles. The topological polar surface area (TPSA) is 86.7 Å². The third-order valence-corrected chi connectivity index (χ3v) is 11.6. The molecule has 0 aromatic heterocycles. The first kappa shape index (κ1) is 21.8. The molecule has 0 aliphatic heterocycles. The van der Waals surface area contributed by atoms with Gasteiger partial charge < -0.3 is 0 Å².